The molecule has 1 atom stereocenters. The number of fused-ring (bicyclic) bond motifs is 1. The number of amides is 1. The van der Waals surface area contributed by atoms with Gasteiger partial charge in [0.2, 0.25) is 5.91 Å². The summed E-state index contributed by atoms with van der Waals surface area (Å²) < 4.78 is 5.85. The summed E-state index contributed by atoms with van der Waals surface area (Å²) in [5.74, 6) is 2.66. The number of aryl methyl sites for hydroxylation is 2. The van der Waals surface area contributed by atoms with Gasteiger partial charge in [-0.1, -0.05) is 0 Å². The second-order valence-electron chi connectivity index (χ2n) is 12.2. The second-order valence-corrected chi connectivity index (χ2v) is 12.2. The van der Waals surface area contributed by atoms with Crippen molar-refractivity contribution in [3.63, 3.8) is 0 Å². The Morgan fingerprint density at radius 1 is 1.15 bits per heavy atom. The summed E-state index contributed by atoms with van der Waals surface area (Å²) in [5.41, 5.74) is 11.5. The molecule has 0 saturated heterocycles. The van der Waals surface area contributed by atoms with Crippen LogP contribution in [0.15, 0.2) is 24.3 Å². The molecule has 8 nitrogen and oxygen atoms in total. The molecule has 0 unspecified atom stereocenters. The quantitative estimate of drug-likeness (QED) is 0.304. The van der Waals surface area contributed by atoms with Crippen LogP contribution in [-0.4, -0.2) is 52.2 Å². The van der Waals surface area contributed by atoms with Crippen molar-refractivity contribution in [2.45, 2.75) is 84.8 Å². The van der Waals surface area contributed by atoms with Crippen LogP contribution in [0.1, 0.15) is 86.5 Å². The number of nitrogens with zero attached hydrogens (tertiary/aromatic N) is 3. The Morgan fingerprint density at radius 2 is 1.82 bits per heavy atom. The molecule has 0 spiro atoms. The van der Waals surface area contributed by atoms with Crippen molar-refractivity contribution < 1.29 is 14.6 Å². The highest BCUT2D eigenvalue weighted by Crippen LogP contribution is 2.42. The highest BCUT2D eigenvalue weighted by molar-refractivity contribution is 5.91. The number of anilines is 2. The summed E-state index contributed by atoms with van der Waals surface area (Å²) in [5, 5.41) is 14.7. The topological polar surface area (TPSA) is 114 Å². The lowest BCUT2D eigenvalue weighted by Gasteiger charge is -2.33. The Labute approximate surface area is 238 Å². The minimum absolute atomic E-state index is 0.00686. The van der Waals surface area contributed by atoms with Crippen LogP contribution < -0.4 is 15.8 Å². The number of hydrogen-bond acceptors (Lipinski definition) is 7. The average Bonchev–Trinajstić information content (AvgIpc) is 2.88. The van der Waals surface area contributed by atoms with E-state index in [-0.39, 0.29) is 23.8 Å². The first kappa shape index (κ1) is 29.6. The van der Waals surface area contributed by atoms with Crippen LogP contribution in [0.2, 0.25) is 0 Å². The van der Waals surface area contributed by atoms with Crippen LogP contribution in [0.3, 0.4) is 0 Å². The average molecular weight is 548 g/mol. The van der Waals surface area contributed by atoms with Crippen molar-refractivity contribution in [1.82, 2.24) is 14.9 Å². The molecule has 1 aliphatic carbocycles. The number of rotatable bonds is 8. The van der Waals surface area contributed by atoms with E-state index in [2.05, 4.69) is 32.2 Å². The van der Waals surface area contributed by atoms with Crippen molar-refractivity contribution in [1.29, 1.82) is 0 Å². The summed E-state index contributed by atoms with van der Waals surface area (Å²) >= 11 is 0. The van der Waals surface area contributed by atoms with E-state index in [1.54, 1.807) is 32.9 Å². The van der Waals surface area contributed by atoms with E-state index in [4.69, 9.17) is 20.4 Å². The molecular formula is C32H45N5O3. The zero-order valence-corrected chi connectivity index (χ0v) is 25.3. The third-order valence-corrected chi connectivity index (χ3v) is 8.23. The standard InChI is InChI=1S/C32H45N5O3/c1-18-13-24(33)14-25(19(18)2)20(3)34-30-27-15-26(29(40-8)16-28(27)35-21(4)36-30)22-9-11-23(12-10-22)31(38)37(7)17-32(5,6)39/h13-16,20,22-23,39H,9-12,17,33H2,1-8H3,(H,34,35,36)/t20-,22?,23?/m0/s1. The molecule has 1 aliphatic rings. The first-order valence-electron chi connectivity index (χ1n) is 14.2. The van der Waals surface area contributed by atoms with Gasteiger partial charge in [-0.25, -0.2) is 9.97 Å². The summed E-state index contributed by atoms with van der Waals surface area (Å²) in [6.07, 6.45) is 3.40. The van der Waals surface area contributed by atoms with Gasteiger partial charge in [0.25, 0.3) is 0 Å². The molecule has 1 amide bonds. The number of carbonyl (C=O) groups excluding carboxylic acids is 1. The number of nitrogens with two attached hydrogens (primary N) is 1. The monoisotopic (exact) mass is 547 g/mol. The number of methoxy groups -OCH3 is 1. The Bertz CT molecular complexity index is 1390. The zero-order chi connectivity index (χ0) is 29.4. The van der Waals surface area contributed by atoms with E-state index < -0.39 is 5.60 Å². The van der Waals surface area contributed by atoms with Crippen LogP contribution in [0, 0.1) is 26.7 Å². The number of nitrogen functional groups attached to an aromatic ring is 1. The Kier molecular flexibility index (Phi) is 8.59. The van der Waals surface area contributed by atoms with Crippen LogP contribution >= 0.6 is 0 Å². The molecule has 1 saturated carbocycles. The minimum Gasteiger partial charge on any atom is -0.496 e. The summed E-state index contributed by atoms with van der Waals surface area (Å²) in [4.78, 5) is 24.2. The van der Waals surface area contributed by atoms with Gasteiger partial charge in [-0.05, 0) is 114 Å². The fraction of sp³-hybridized carbons (Fsp3) is 0.531. The number of nitrogens with one attached hydrogen (secondary N) is 1. The van der Waals surface area contributed by atoms with Gasteiger partial charge >= 0.3 is 0 Å². The lowest BCUT2D eigenvalue weighted by atomic mass is 9.77. The van der Waals surface area contributed by atoms with Crippen molar-refractivity contribution in [2.75, 3.05) is 31.8 Å². The smallest absolute Gasteiger partial charge is 0.225 e. The molecule has 0 radical (unpaired) electrons. The van der Waals surface area contributed by atoms with E-state index in [0.717, 1.165) is 65.0 Å². The largest absolute Gasteiger partial charge is 0.496 e. The van der Waals surface area contributed by atoms with Crippen LogP contribution in [0.5, 0.6) is 5.75 Å². The van der Waals surface area contributed by atoms with Crippen molar-refractivity contribution in [3.05, 3.63) is 52.3 Å². The Hall–Kier alpha value is -3.39. The third kappa shape index (κ3) is 6.49. The maximum atomic E-state index is 13.0. The van der Waals surface area contributed by atoms with Crippen LogP contribution in [0.25, 0.3) is 10.9 Å². The molecule has 1 fully saturated rings. The molecule has 0 aliphatic heterocycles. The van der Waals surface area contributed by atoms with Crippen molar-refractivity contribution >= 4 is 28.3 Å². The van der Waals surface area contributed by atoms with E-state index >= 15 is 0 Å². The molecular weight excluding hydrogens is 502 g/mol. The van der Waals surface area contributed by atoms with Crippen LogP contribution in [0.4, 0.5) is 11.5 Å². The van der Waals surface area contributed by atoms with Crippen molar-refractivity contribution in [2.24, 2.45) is 5.92 Å². The zero-order valence-electron chi connectivity index (χ0n) is 25.3. The number of aromatic nitrogens is 2. The molecule has 40 heavy (non-hydrogen) atoms. The van der Waals surface area contributed by atoms with E-state index in [1.807, 2.05) is 25.1 Å². The van der Waals surface area contributed by atoms with Gasteiger partial charge in [-0.2, -0.15) is 0 Å². The first-order chi connectivity index (χ1) is 18.8. The van der Waals surface area contributed by atoms with E-state index in [9.17, 15) is 9.90 Å². The molecule has 1 heterocycles. The Morgan fingerprint density at radius 3 is 2.45 bits per heavy atom. The molecule has 8 heteroatoms. The lowest BCUT2D eigenvalue weighted by molar-refractivity contribution is -0.138. The van der Waals surface area contributed by atoms with E-state index in [1.165, 1.54) is 11.1 Å². The fourth-order valence-corrected chi connectivity index (χ4v) is 6.16. The van der Waals surface area contributed by atoms with E-state index in [0.29, 0.717) is 12.4 Å². The molecule has 216 valence electrons. The lowest BCUT2D eigenvalue weighted by Crippen LogP contribution is -2.43. The van der Waals surface area contributed by atoms with Gasteiger partial charge in [-0.15, -0.1) is 0 Å². The molecule has 3 aromatic rings. The number of likely N-dealkylation sites (N-methyl/N-ethyl adjacent to an activating group) is 1. The third-order valence-electron chi connectivity index (χ3n) is 8.23. The number of benzene rings is 2. The van der Waals surface area contributed by atoms with Gasteiger partial charge in [0.15, 0.2) is 0 Å². The summed E-state index contributed by atoms with van der Waals surface area (Å²) in [6.45, 7) is 12.0. The number of carbonyl (C=O) groups is 1. The van der Waals surface area contributed by atoms with Gasteiger partial charge in [-0.3, -0.25) is 4.79 Å². The van der Waals surface area contributed by atoms with Gasteiger partial charge < -0.3 is 25.8 Å². The highest BCUT2D eigenvalue weighted by Gasteiger charge is 2.32. The summed E-state index contributed by atoms with van der Waals surface area (Å²) in [7, 11) is 3.48. The predicted molar refractivity (Wildman–Crippen MR) is 162 cm³/mol. The molecule has 4 rings (SSSR count). The van der Waals surface area contributed by atoms with Gasteiger partial charge in [0, 0.05) is 36.7 Å². The predicted octanol–water partition coefficient (Wildman–Crippen LogP) is 5.82. The maximum Gasteiger partial charge on any atom is 0.225 e. The minimum atomic E-state index is -0.908. The second kappa shape index (κ2) is 11.6. The molecule has 2 aromatic carbocycles. The number of ether oxygens (including phenoxy) is 1. The summed E-state index contributed by atoms with van der Waals surface area (Å²) in [6, 6.07) is 8.21. The normalized spacial score (nSPS) is 18.4. The molecule has 4 N–H and O–H groups in total. The Balaban J connectivity index is 1.61. The van der Waals surface area contributed by atoms with Gasteiger partial charge in [0.1, 0.15) is 17.4 Å². The maximum absolute atomic E-state index is 13.0. The molecule has 1 aromatic heterocycles. The number of hydrogen-bond donors (Lipinski definition) is 3. The highest BCUT2D eigenvalue weighted by atomic mass is 16.5. The van der Waals surface area contributed by atoms with Gasteiger partial charge in [0.05, 0.1) is 24.3 Å². The van der Waals surface area contributed by atoms with Crippen molar-refractivity contribution in [3.8, 4) is 5.75 Å². The first-order valence-corrected chi connectivity index (χ1v) is 14.2. The number of aliphatic hydroxyl groups is 1. The fourth-order valence-electron chi connectivity index (χ4n) is 6.16. The van der Waals surface area contributed by atoms with Crippen LogP contribution in [-0.2, 0) is 4.79 Å². The SMILES string of the molecule is COc1cc2nc(C)nc(N[C@@H](C)c3cc(N)cc(C)c3C)c2cc1C1CCC(C(=O)N(C)CC(C)(C)O)CC1. The molecule has 0 bridgehead atoms.